The van der Waals surface area contributed by atoms with E-state index in [2.05, 4.69) is 9.46 Å². The SMILES string of the molecule is C[C@H](NS(C)(=O)=O)c1ccc(S(=O)(=O)c2ccc(Cl)cc2S(=O)(=O)c2ccccc2OC(F)(F)F)cc1. The number of benzene rings is 3. The quantitative estimate of drug-likeness (QED) is 0.405. The smallest absolute Gasteiger partial charge is 0.404 e. The van der Waals surface area contributed by atoms with Gasteiger partial charge in [-0.05, 0) is 55.0 Å². The Hall–Kier alpha value is -2.65. The van der Waals surface area contributed by atoms with Gasteiger partial charge in [0.05, 0.1) is 20.9 Å². The van der Waals surface area contributed by atoms with E-state index in [9.17, 15) is 38.4 Å². The molecule has 37 heavy (non-hydrogen) atoms. The van der Waals surface area contributed by atoms with E-state index in [0.29, 0.717) is 5.56 Å². The molecule has 0 aromatic heterocycles. The van der Waals surface area contributed by atoms with Crippen LogP contribution in [-0.4, -0.2) is 37.9 Å². The summed E-state index contributed by atoms with van der Waals surface area (Å²) in [5.74, 6) is -1.05. The van der Waals surface area contributed by atoms with Crippen molar-refractivity contribution in [1.82, 2.24) is 4.72 Å². The number of para-hydroxylation sites is 1. The lowest BCUT2D eigenvalue weighted by atomic mass is 10.1. The highest BCUT2D eigenvalue weighted by molar-refractivity contribution is 7.94. The minimum atomic E-state index is -5.21. The summed E-state index contributed by atoms with van der Waals surface area (Å²) in [6.45, 7) is 1.54. The fourth-order valence-electron chi connectivity index (χ4n) is 3.37. The Labute approximate surface area is 216 Å². The van der Waals surface area contributed by atoms with E-state index < -0.39 is 62.5 Å². The second-order valence-electron chi connectivity index (χ2n) is 7.77. The van der Waals surface area contributed by atoms with Crippen LogP contribution in [0.25, 0.3) is 0 Å². The predicted molar refractivity (Wildman–Crippen MR) is 128 cm³/mol. The van der Waals surface area contributed by atoms with E-state index in [1.807, 2.05) is 0 Å². The fourth-order valence-corrected chi connectivity index (χ4v) is 7.84. The average molecular weight is 598 g/mol. The molecule has 1 atom stereocenters. The molecule has 3 aromatic carbocycles. The third-order valence-corrected chi connectivity index (χ3v) is 9.74. The molecule has 1 N–H and O–H groups in total. The second kappa shape index (κ2) is 10.3. The lowest BCUT2D eigenvalue weighted by Crippen LogP contribution is -2.25. The predicted octanol–water partition coefficient (Wildman–Crippen LogP) is 4.51. The molecule has 0 amide bonds. The van der Waals surface area contributed by atoms with Gasteiger partial charge in [-0.15, -0.1) is 13.2 Å². The maximum absolute atomic E-state index is 13.4. The van der Waals surface area contributed by atoms with Gasteiger partial charge < -0.3 is 4.74 Å². The Morgan fingerprint density at radius 2 is 1.41 bits per heavy atom. The van der Waals surface area contributed by atoms with Crippen molar-refractivity contribution >= 4 is 41.3 Å². The zero-order chi connectivity index (χ0) is 27.8. The van der Waals surface area contributed by atoms with Crippen LogP contribution in [-0.2, 0) is 29.7 Å². The number of sulfonamides is 1. The summed E-state index contributed by atoms with van der Waals surface area (Å²) in [7, 11) is -13.0. The molecule has 0 saturated carbocycles. The molecule has 0 heterocycles. The second-order valence-corrected chi connectivity index (χ2v) is 13.8. The summed E-state index contributed by atoms with van der Waals surface area (Å²) >= 11 is 5.93. The van der Waals surface area contributed by atoms with Crippen molar-refractivity contribution in [2.75, 3.05) is 6.26 Å². The molecular weight excluding hydrogens is 579 g/mol. The molecule has 0 unspecified atom stereocenters. The molecule has 0 fully saturated rings. The molecule has 200 valence electrons. The third-order valence-electron chi connectivity index (χ3n) is 4.93. The van der Waals surface area contributed by atoms with Crippen LogP contribution < -0.4 is 9.46 Å². The summed E-state index contributed by atoms with van der Waals surface area (Å²) in [5.41, 5.74) is 0.423. The molecule has 15 heteroatoms. The maximum Gasteiger partial charge on any atom is 0.573 e. The van der Waals surface area contributed by atoms with Crippen LogP contribution in [0.15, 0.2) is 86.3 Å². The van der Waals surface area contributed by atoms with Gasteiger partial charge in [0.2, 0.25) is 29.7 Å². The monoisotopic (exact) mass is 597 g/mol. The average Bonchev–Trinajstić information content (AvgIpc) is 2.77. The molecule has 3 rings (SSSR count). The first-order valence-corrected chi connectivity index (χ1v) is 15.4. The minimum absolute atomic E-state index is 0.178. The van der Waals surface area contributed by atoms with E-state index >= 15 is 0 Å². The van der Waals surface area contributed by atoms with Crippen LogP contribution in [0.3, 0.4) is 0 Å². The molecule has 8 nitrogen and oxygen atoms in total. The minimum Gasteiger partial charge on any atom is -0.404 e. The van der Waals surface area contributed by atoms with Crippen molar-refractivity contribution in [1.29, 1.82) is 0 Å². The van der Waals surface area contributed by atoms with Gasteiger partial charge in [-0.25, -0.2) is 30.0 Å². The highest BCUT2D eigenvalue weighted by Gasteiger charge is 2.36. The molecule has 0 aliphatic heterocycles. The lowest BCUT2D eigenvalue weighted by molar-refractivity contribution is -0.275. The fraction of sp³-hybridized carbons (Fsp3) is 0.182. The van der Waals surface area contributed by atoms with Gasteiger partial charge in [-0.2, -0.15) is 0 Å². The Morgan fingerprint density at radius 3 is 1.97 bits per heavy atom. The van der Waals surface area contributed by atoms with Crippen molar-refractivity contribution in [2.24, 2.45) is 0 Å². The maximum atomic E-state index is 13.4. The van der Waals surface area contributed by atoms with Gasteiger partial charge in [0, 0.05) is 11.1 Å². The molecular formula is C22H19ClF3NO7S3. The number of alkyl halides is 3. The molecule has 3 aromatic rings. The van der Waals surface area contributed by atoms with Gasteiger partial charge in [0.1, 0.15) is 10.6 Å². The number of hydrogen-bond donors (Lipinski definition) is 1. The molecule has 0 saturated heterocycles. The summed E-state index contributed by atoms with van der Waals surface area (Å²) in [6.07, 6.45) is -4.25. The molecule has 0 bridgehead atoms. The Kier molecular flexibility index (Phi) is 8.01. The topological polar surface area (TPSA) is 124 Å². The van der Waals surface area contributed by atoms with Gasteiger partial charge in [0.15, 0.2) is 0 Å². The van der Waals surface area contributed by atoms with Gasteiger partial charge >= 0.3 is 6.36 Å². The van der Waals surface area contributed by atoms with Crippen molar-refractivity contribution in [3.8, 4) is 5.75 Å². The Balaban J connectivity index is 2.13. The molecule has 0 radical (unpaired) electrons. The van der Waals surface area contributed by atoms with E-state index in [4.69, 9.17) is 11.6 Å². The van der Waals surface area contributed by atoms with Gasteiger partial charge in [-0.3, -0.25) is 0 Å². The van der Waals surface area contributed by atoms with E-state index in [1.54, 1.807) is 0 Å². The van der Waals surface area contributed by atoms with Crippen LogP contribution in [0.2, 0.25) is 5.02 Å². The van der Waals surface area contributed by atoms with E-state index in [-0.39, 0.29) is 9.92 Å². The number of nitrogens with one attached hydrogen (secondary N) is 1. The first kappa shape index (κ1) is 28.9. The summed E-state index contributed by atoms with van der Waals surface area (Å²) in [6, 6.07) is 11.1. The largest absolute Gasteiger partial charge is 0.573 e. The van der Waals surface area contributed by atoms with Gasteiger partial charge in [0.25, 0.3) is 0 Å². The number of rotatable bonds is 8. The van der Waals surface area contributed by atoms with E-state index in [1.165, 1.54) is 19.1 Å². The Morgan fingerprint density at radius 1 is 0.811 bits per heavy atom. The normalized spacial score (nSPS) is 13.8. The van der Waals surface area contributed by atoms with Crippen molar-refractivity contribution in [3.63, 3.8) is 0 Å². The molecule has 0 aliphatic rings. The van der Waals surface area contributed by atoms with Crippen LogP contribution in [0.5, 0.6) is 5.75 Å². The highest BCUT2D eigenvalue weighted by Crippen LogP contribution is 2.38. The van der Waals surface area contributed by atoms with Crippen molar-refractivity contribution in [3.05, 3.63) is 77.3 Å². The molecule has 0 spiro atoms. The summed E-state index contributed by atoms with van der Waals surface area (Å²) in [4.78, 5) is -2.84. The summed E-state index contributed by atoms with van der Waals surface area (Å²) < 4.78 is 121. The zero-order valence-corrected chi connectivity index (χ0v) is 22.2. The van der Waals surface area contributed by atoms with Crippen LogP contribution in [0.4, 0.5) is 13.2 Å². The molecule has 0 aliphatic carbocycles. The standard InChI is InChI=1S/C22H19ClF3NO7S3/c1-14(27-35(2,28)29)15-7-10-17(11-8-15)36(30,31)20-12-9-16(23)13-21(20)37(32,33)19-6-4-3-5-18(19)34-22(24,25)26/h3-14,27H,1-2H3/t14-/m0/s1. The zero-order valence-electron chi connectivity index (χ0n) is 19.0. The van der Waals surface area contributed by atoms with Crippen molar-refractivity contribution in [2.45, 2.75) is 38.9 Å². The van der Waals surface area contributed by atoms with Crippen LogP contribution in [0, 0.1) is 0 Å². The first-order chi connectivity index (χ1) is 16.9. The van der Waals surface area contributed by atoms with Gasteiger partial charge in [-0.1, -0.05) is 35.9 Å². The van der Waals surface area contributed by atoms with Crippen LogP contribution >= 0.6 is 11.6 Å². The number of halogens is 4. The van der Waals surface area contributed by atoms with Crippen LogP contribution in [0.1, 0.15) is 18.5 Å². The number of sulfone groups is 2. The highest BCUT2D eigenvalue weighted by atomic mass is 35.5. The lowest BCUT2D eigenvalue weighted by Gasteiger charge is -2.16. The number of hydrogen-bond acceptors (Lipinski definition) is 7. The van der Waals surface area contributed by atoms with E-state index in [0.717, 1.165) is 60.9 Å². The number of ether oxygens (including phenoxy) is 1. The first-order valence-electron chi connectivity index (χ1n) is 10.1. The summed E-state index contributed by atoms with van der Waals surface area (Å²) in [5, 5.41) is -0.178. The Bertz CT molecular complexity index is 1640. The van der Waals surface area contributed by atoms with Crippen molar-refractivity contribution < 1.29 is 43.2 Å². The third kappa shape index (κ3) is 6.82.